The Morgan fingerprint density at radius 3 is 2.68 bits per heavy atom. The molecule has 0 radical (unpaired) electrons. The first-order valence-electron chi connectivity index (χ1n) is 8.33. The van der Waals surface area contributed by atoms with Crippen LogP contribution in [0.1, 0.15) is 43.5 Å². The van der Waals surface area contributed by atoms with Crippen LogP contribution < -0.4 is 0 Å². The molecule has 2 aromatic rings. The third kappa shape index (κ3) is 3.31. The number of imidazole rings is 1. The average molecular weight is 296 g/mol. The molecular weight excluding hydrogens is 272 g/mol. The van der Waals surface area contributed by atoms with Crippen LogP contribution >= 0.6 is 0 Å². The third-order valence-corrected chi connectivity index (χ3v) is 4.49. The Labute approximate surface area is 132 Å². The Morgan fingerprint density at radius 1 is 1.18 bits per heavy atom. The van der Waals surface area contributed by atoms with E-state index in [0.717, 1.165) is 29.9 Å². The van der Waals surface area contributed by atoms with Gasteiger partial charge in [-0.25, -0.2) is 4.98 Å². The first kappa shape index (κ1) is 15.1. The minimum Gasteiger partial charge on any atom is -0.326 e. The minimum absolute atomic E-state index is 0.534. The molecule has 3 rings (SSSR count). The average Bonchev–Trinajstić information content (AvgIpc) is 2.67. The molecule has 1 aliphatic rings. The van der Waals surface area contributed by atoms with Gasteiger partial charge in [0.15, 0.2) is 0 Å². The van der Waals surface area contributed by atoms with Crippen molar-refractivity contribution in [3.8, 4) is 6.07 Å². The van der Waals surface area contributed by atoms with E-state index < -0.39 is 0 Å². The summed E-state index contributed by atoms with van der Waals surface area (Å²) in [4.78, 5) is 7.38. The standard InChI is InChI=1S/C18H24N4/c1-15-7-8-17-16(13-15)20-18(22(17)12-6-9-19)14-21-10-4-2-3-5-11-21/h7-8,13H,2-6,10-12,14H2,1H3. The van der Waals surface area contributed by atoms with Crippen LogP contribution in [-0.2, 0) is 13.1 Å². The number of nitriles is 1. The second-order valence-corrected chi connectivity index (χ2v) is 6.27. The molecule has 116 valence electrons. The molecule has 0 bridgehead atoms. The summed E-state index contributed by atoms with van der Waals surface area (Å²) in [6.45, 7) is 6.07. The van der Waals surface area contributed by atoms with Gasteiger partial charge in [0.25, 0.3) is 0 Å². The van der Waals surface area contributed by atoms with Crippen LogP contribution in [0.25, 0.3) is 11.0 Å². The van der Waals surface area contributed by atoms with E-state index in [9.17, 15) is 0 Å². The van der Waals surface area contributed by atoms with E-state index in [1.807, 2.05) is 0 Å². The fraction of sp³-hybridized carbons (Fsp3) is 0.556. The van der Waals surface area contributed by atoms with Crippen molar-refractivity contribution in [1.82, 2.24) is 14.5 Å². The van der Waals surface area contributed by atoms with Gasteiger partial charge in [-0.2, -0.15) is 5.26 Å². The van der Waals surface area contributed by atoms with Crippen molar-refractivity contribution in [2.24, 2.45) is 0 Å². The first-order valence-corrected chi connectivity index (χ1v) is 8.33. The molecule has 0 saturated carbocycles. The van der Waals surface area contributed by atoms with Gasteiger partial charge in [0, 0.05) is 6.54 Å². The highest BCUT2D eigenvalue weighted by atomic mass is 15.2. The molecule has 0 unspecified atom stereocenters. The number of likely N-dealkylation sites (tertiary alicyclic amines) is 1. The van der Waals surface area contributed by atoms with Crippen molar-refractivity contribution >= 4 is 11.0 Å². The molecule has 1 fully saturated rings. The van der Waals surface area contributed by atoms with Crippen LogP contribution in [0.2, 0.25) is 0 Å². The van der Waals surface area contributed by atoms with E-state index in [1.165, 1.54) is 44.3 Å². The number of nitrogens with zero attached hydrogens (tertiary/aromatic N) is 4. The summed E-state index contributed by atoms with van der Waals surface area (Å²) < 4.78 is 2.24. The maximum atomic E-state index is 8.94. The van der Waals surface area contributed by atoms with Crippen LogP contribution in [-0.4, -0.2) is 27.5 Å². The summed E-state index contributed by atoms with van der Waals surface area (Å²) in [5.41, 5.74) is 3.45. The quantitative estimate of drug-likeness (QED) is 0.865. The lowest BCUT2D eigenvalue weighted by Gasteiger charge is -2.19. The summed E-state index contributed by atoms with van der Waals surface area (Å²) in [6.07, 6.45) is 5.81. The monoisotopic (exact) mass is 296 g/mol. The smallest absolute Gasteiger partial charge is 0.124 e. The Morgan fingerprint density at radius 2 is 1.95 bits per heavy atom. The fourth-order valence-electron chi connectivity index (χ4n) is 3.32. The van der Waals surface area contributed by atoms with Crippen molar-refractivity contribution in [3.63, 3.8) is 0 Å². The van der Waals surface area contributed by atoms with Gasteiger partial charge in [-0.1, -0.05) is 18.9 Å². The summed E-state index contributed by atoms with van der Waals surface area (Å²) in [6, 6.07) is 8.67. The Bertz CT molecular complexity index is 672. The van der Waals surface area contributed by atoms with E-state index in [0.29, 0.717) is 6.42 Å². The molecule has 0 atom stereocenters. The highest BCUT2D eigenvalue weighted by molar-refractivity contribution is 5.76. The second-order valence-electron chi connectivity index (χ2n) is 6.27. The van der Waals surface area contributed by atoms with E-state index in [-0.39, 0.29) is 0 Å². The molecule has 1 aliphatic heterocycles. The molecule has 0 N–H and O–H groups in total. The van der Waals surface area contributed by atoms with E-state index in [4.69, 9.17) is 10.2 Å². The van der Waals surface area contributed by atoms with Crippen LogP contribution in [0.15, 0.2) is 18.2 Å². The van der Waals surface area contributed by atoms with Crippen LogP contribution in [0.4, 0.5) is 0 Å². The largest absolute Gasteiger partial charge is 0.326 e. The highest BCUT2D eigenvalue weighted by Crippen LogP contribution is 2.20. The summed E-state index contributed by atoms with van der Waals surface area (Å²) in [7, 11) is 0. The zero-order valence-electron chi connectivity index (χ0n) is 13.4. The van der Waals surface area contributed by atoms with E-state index in [2.05, 4.69) is 40.7 Å². The Kier molecular flexibility index (Phi) is 4.74. The lowest BCUT2D eigenvalue weighted by molar-refractivity contribution is 0.266. The van der Waals surface area contributed by atoms with Crippen molar-refractivity contribution in [2.75, 3.05) is 13.1 Å². The summed E-state index contributed by atoms with van der Waals surface area (Å²) in [5.74, 6) is 1.11. The number of aryl methyl sites for hydroxylation is 2. The summed E-state index contributed by atoms with van der Waals surface area (Å²) in [5, 5.41) is 8.94. The predicted molar refractivity (Wildman–Crippen MR) is 88.4 cm³/mol. The van der Waals surface area contributed by atoms with Crippen molar-refractivity contribution in [3.05, 3.63) is 29.6 Å². The predicted octanol–water partition coefficient (Wildman–Crippen LogP) is 3.63. The van der Waals surface area contributed by atoms with Crippen molar-refractivity contribution in [2.45, 2.75) is 52.1 Å². The normalized spacial score (nSPS) is 16.5. The fourth-order valence-corrected chi connectivity index (χ4v) is 3.32. The molecule has 4 nitrogen and oxygen atoms in total. The molecule has 0 aliphatic carbocycles. The number of benzene rings is 1. The number of aromatic nitrogens is 2. The van der Waals surface area contributed by atoms with Gasteiger partial charge < -0.3 is 4.57 Å². The van der Waals surface area contributed by atoms with Gasteiger partial charge >= 0.3 is 0 Å². The zero-order chi connectivity index (χ0) is 15.4. The van der Waals surface area contributed by atoms with Crippen molar-refractivity contribution < 1.29 is 0 Å². The van der Waals surface area contributed by atoms with Gasteiger partial charge in [0.05, 0.1) is 30.1 Å². The molecule has 0 amide bonds. The molecule has 1 aromatic heterocycles. The molecule has 1 saturated heterocycles. The molecular formula is C18H24N4. The summed E-state index contributed by atoms with van der Waals surface area (Å²) >= 11 is 0. The van der Waals surface area contributed by atoms with Crippen LogP contribution in [0.5, 0.6) is 0 Å². The van der Waals surface area contributed by atoms with Crippen LogP contribution in [0, 0.1) is 18.3 Å². The molecule has 1 aromatic carbocycles. The van der Waals surface area contributed by atoms with Gasteiger partial charge in [0.2, 0.25) is 0 Å². The number of hydrogen-bond donors (Lipinski definition) is 0. The first-order chi connectivity index (χ1) is 10.8. The van der Waals surface area contributed by atoms with Gasteiger partial charge in [-0.05, 0) is 50.6 Å². The molecule has 2 heterocycles. The van der Waals surface area contributed by atoms with E-state index >= 15 is 0 Å². The Balaban J connectivity index is 1.90. The van der Waals surface area contributed by atoms with E-state index in [1.54, 1.807) is 0 Å². The number of fused-ring (bicyclic) bond motifs is 1. The lowest BCUT2D eigenvalue weighted by Crippen LogP contribution is -2.26. The third-order valence-electron chi connectivity index (χ3n) is 4.49. The second kappa shape index (κ2) is 6.93. The SMILES string of the molecule is Cc1ccc2c(c1)nc(CN1CCCCCC1)n2CCC#N. The van der Waals surface area contributed by atoms with Crippen molar-refractivity contribution in [1.29, 1.82) is 5.26 Å². The topological polar surface area (TPSA) is 44.9 Å². The minimum atomic E-state index is 0.534. The molecule has 0 spiro atoms. The maximum Gasteiger partial charge on any atom is 0.124 e. The van der Waals surface area contributed by atoms with Gasteiger partial charge in [-0.3, -0.25) is 4.90 Å². The number of hydrogen-bond acceptors (Lipinski definition) is 3. The van der Waals surface area contributed by atoms with Crippen LogP contribution in [0.3, 0.4) is 0 Å². The molecule has 4 heteroatoms. The lowest BCUT2D eigenvalue weighted by atomic mass is 10.2. The maximum absolute atomic E-state index is 8.94. The van der Waals surface area contributed by atoms with Gasteiger partial charge in [-0.15, -0.1) is 0 Å². The zero-order valence-corrected chi connectivity index (χ0v) is 13.4. The number of rotatable bonds is 4. The van der Waals surface area contributed by atoms with Gasteiger partial charge in [0.1, 0.15) is 5.82 Å². The Hall–Kier alpha value is -1.86. The molecule has 22 heavy (non-hydrogen) atoms. The highest BCUT2D eigenvalue weighted by Gasteiger charge is 2.15.